The standard InChI is InChI=1S/C29H39NO10/c1-27-10-7-17(31)13-16(27)3-4-18-19(27)8-11-28(2)20(18)9-12-29(28,39)22(32)15-40-25(36)6-5-23(33)30-21(26(37)38)14-24(34)35/h13,18-21,39H,3-12,14-15H2,1-2H3,(H,30,33)(H,34,35)(H,37,38)/p-2/t18-,19+,20-,21+,27+,28-,29+/m0/s1. The molecule has 0 aromatic rings. The van der Waals surface area contributed by atoms with Crippen LogP contribution < -0.4 is 15.5 Å². The predicted octanol–water partition coefficient (Wildman–Crippen LogP) is -0.483. The zero-order chi connectivity index (χ0) is 29.5. The van der Waals surface area contributed by atoms with E-state index in [1.54, 1.807) is 0 Å². The van der Waals surface area contributed by atoms with Crippen LogP contribution in [0, 0.1) is 28.6 Å². The number of amides is 1. The molecule has 2 N–H and O–H groups in total. The lowest BCUT2D eigenvalue weighted by Crippen LogP contribution is -2.58. The molecule has 0 aromatic heterocycles. The van der Waals surface area contributed by atoms with Gasteiger partial charge in [-0.3, -0.25) is 19.2 Å². The van der Waals surface area contributed by atoms with E-state index in [2.05, 4.69) is 6.92 Å². The maximum Gasteiger partial charge on any atom is 0.306 e. The second kappa shape index (κ2) is 11.1. The van der Waals surface area contributed by atoms with E-state index in [1.807, 2.05) is 18.3 Å². The molecule has 0 heterocycles. The lowest BCUT2D eigenvalue weighted by Gasteiger charge is -2.58. The number of hydrogen-bond donors (Lipinski definition) is 2. The molecule has 0 unspecified atom stereocenters. The summed E-state index contributed by atoms with van der Waals surface area (Å²) < 4.78 is 5.08. The van der Waals surface area contributed by atoms with Gasteiger partial charge in [-0.05, 0) is 74.2 Å². The molecule has 0 aliphatic heterocycles. The fourth-order valence-electron chi connectivity index (χ4n) is 8.21. The predicted molar refractivity (Wildman–Crippen MR) is 133 cm³/mol. The van der Waals surface area contributed by atoms with Crippen molar-refractivity contribution in [2.75, 3.05) is 6.61 Å². The highest BCUT2D eigenvalue weighted by Crippen LogP contribution is 2.67. The van der Waals surface area contributed by atoms with Gasteiger partial charge in [0.1, 0.15) is 5.60 Å². The van der Waals surface area contributed by atoms with E-state index < -0.39 is 72.5 Å². The summed E-state index contributed by atoms with van der Waals surface area (Å²) >= 11 is 0. The molecule has 4 aliphatic rings. The number of allylic oxidation sites excluding steroid dienone is 1. The Balaban J connectivity index is 1.33. The summed E-state index contributed by atoms with van der Waals surface area (Å²) in [4.78, 5) is 71.1. The molecule has 220 valence electrons. The highest BCUT2D eigenvalue weighted by Gasteiger charge is 2.66. The van der Waals surface area contributed by atoms with Crippen molar-refractivity contribution < 1.29 is 48.8 Å². The van der Waals surface area contributed by atoms with E-state index in [1.165, 1.54) is 5.57 Å². The van der Waals surface area contributed by atoms with Crippen molar-refractivity contribution in [3.63, 3.8) is 0 Å². The third-order valence-electron chi connectivity index (χ3n) is 10.5. The van der Waals surface area contributed by atoms with Gasteiger partial charge in [0.05, 0.1) is 18.4 Å². The number of aliphatic carboxylic acids is 2. The number of rotatable bonds is 10. The minimum absolute atomic E-state index is 0.0315. The molecule has 4 rings (SSSR count). The Morgan fingerprint density at radius 3 is 2.40 bits per heavy atom. The van der Waals surface area contributed by atoms with Gasteiger partial charge in [0.2, 0.25) is 11.7 Å². The number of ether oxygens (including phenoxy) is 1. The average Bonchev–Trinajstić information content (AvgIpc) is 3.17. The SMILES string of the molecule is C[C@]12CC[C@@H]3[C@H](CCC4=CC(=O)CC[C@]43C)[C@@H]1CC[C@@]2(O)C(=O)COC(=O)CCC(=O)N[C@H](CC(=O)[O-])C(=O)[O-]. The molecule has 0 spiro atoms. The second-order valence-corrected chi connectivity index (χ2v) is 12.4. The van der Waals surface area contributed by atoms with Crippen molar-refractivity contribution in [1.29, 1.82) is 0 Å². The van der Waals surface area contributed by atoms with E-state index in [-0.39, 0.29) is 23.5 Å². The first-order valence-electron chi connectivity index (χ1n) is 14.1. The number of aliphatic hydroxyl groups is 1. The number of nitrogens with one attached hydrogen (secondary N) is 1. The molecular weight excluding hydrogens is 522 g/mol. The fourth-order valence-corrected chi connectivity index (χ4v) is 8.21. The molecule has 7 atom stereocenters. The Morgan fingerprint density at radius 2 is 1.73 bits per heavy atom. The van der Waals surface area contributed by atoms with Gasteiger partial charge >= 0.3 is 5.97 Å². The lowest BCUT2D eigenvalue weighted by molar-refractivity contribution is -0.317. The van der Waals surface area contributed by atoms with Gasteiger partial charge in [0.25, 0.3) is 0 Å². The molecule has 11 heteroatoms. The summed E-state index contributed by atoms with van der Waals surface area (Å²) in [5, 5.41) is 35.2. The van der Waals surface area contributed by atoms with Crippen molar-refractivity contribution in [3.8, 4) is 0 Å². The van der Waals surface area contributed by atoms with Crippen molar-refractivity contribution in [3.05, 3.63) is 11.6 Å². The Labute approximate surface area is 232 Å². The number of Topliss-reactive ketones (excluding diaryl/α,β-unsaturated/α-hetero) is 1. The van der Waals surface area contributed by atoms with Crippen LogP contribution in [-0.4, -0.2) is 58.7 Å². The van der Waals surface area contributed by atoms with Crippen LogP contribution in [0.25, 0.3) is 0 Å². The maximum absolute atomic E-state index is 13.3. The topological polar surface area (TPSA) is 190 Å². The molecule has 0 saturated heterocycles. The first kappa shape index (κ1) is 29.9. The van der Waals surface area contributed by atoms with Gasteiger partial charge in [-0.2, -0.15) is 0 Å². The number of carboxylic acid groups (broad SMARTS) is 2. The van der Waals surface area contributed by atoms with E-state index in [0.717, 1.165) is 25.7 Å². The van der Waals surface area contributed by atoms with Crippen molar-refractivity contribution in [2.45, 2.75) is 96.1 Å². The zero-order valence-corrected chi connectivity index (χ0v) is 23.0. The molecule has 3 saturated carbocycles. The first-order valence-corrected chi connectivity index (χ1v) is 14.1. The van der Waals surface area contributed by atoms with E-state index in [4.69, 9.17) is 4.74 Å². The van der Waals surface area contributed by atoms with Crippen LogP contribution in [0.1, 0.15) is 84.5 Å². The van der Waals surface area contributed by atoms with Crippen LogP contribution >= 0.6 is 0 Å². The van der Waals surface area contributed by atoms with Gasteiger partial charge in [0, 0.05) is 30.6 Å². The smallest absolute Gasteiger partial charge is 0.306 e. The first-order chi connectivity index (χ1) is 18.7. The monoisotopic (exact) mass is 559 g/mol. The molecular formula is C29H37NO10-2. The van der Waals surface area contributed by atoms with Gasteiger partial charge < -0.3 is 35.0 Å². The summed E-state index contributed by atoms with van der Waals surface area (Å²) in [6.07, 6.45) is 5.52. The van der Waals surface area contributed by atoms with Crippen molar-refractivity contribution in [1.82, 2.24) is 5.32 Å². The van der Waals surface area contributed by atoms with Crippen LogP contribution in [0.2, 0.25) is 0 Å². The maximum atomic E-state index is 13.3. The Bertz CT molecular complexity index is 1150. The Morgan fingerprint density at radius 1 is 1.02 bits per heavy atom. The molecule has 0 radical (unpaired) electrons. The largest absolute Gasteiger partial charge is 0.550 e. The third-order valence-corrected chi connectivity index (χ3v) is 10.5. The summed E-state index contributed by atoms with van der Waals surface area (Å²) in [7, 11) is 0. The number of ketones is 2. The van der Waals surface area contributed by atoms with Gasteiger partial charge in [-0.15, -0.1) is 0 Å². The molecule has 3 fully saturated rings. The Kier molecular flexibility index (Phi) is 8.27. The van der Waals surface area contributed by atoms with Gasteiger partial charge in [0.15, 0.2) is 12.4 Å². The number of hydrogen-bond acceptors (Lipinski definition) is 10. The number of carbonyl (C=O) groups excluding carboxylic acids is 6. The van der Waals surface area contributed by atoms with Crippen molar-refractivity contribution in [2.24, 2.45) is 28.6 Å². The quantitative estimate of drug-likeness (QED) is 0.331. The number of carbonyl (C=O) groups is 6. The van der Waals surface area contributed by atoms with E-state index >= 15 is 0 Å². The molecule has 11 nitrogen and oxygen atoms in total. The number of carboxylic acids is 2. The highest BCUT2D eigenvalue weighted by atomic mass is 16.5. The minimum Gasteiger partial charge on any atom is -0.550 e. The normalized spacial score (nSPS) is 35.3. The van der Waals surface area contributed by atoms with Gasteiger partial charge in [-0.1, -0.05) is 19.4 Å². The van der Waals surface area contributed by atoms with Crippen molar-refractivity contribution >= 4 is 35.4 Å². The number of esters is 1. The van der Waals surface area contributed by atoms with E-state index in [9.17, 15) is 44.1 Å². The molecule has 4 aliphatic carbocycles. The molecule has 0 aromatic carbocycles. The number of fused-ring (bicyclic) bond motifs is 5. The second-order valence-electron chi connectivity index (χ2n) is 12.4. The molecule has 40 heavy (non-hydrogen) atoms. The van der Waals surface area contributed by atoms with Gasteiger partial charge in [-0.25, -0.2) is 0 Å². The highest BCUT2D eigenvalue weighted by molar-refractivity contribution is 5.92. The lowest BCUT2D eigenvalue weighted by atomic mass is 9.46. The van der Waals surface area contributed by atoms with E-state index in [0.29, 0.717) is 31.1 Å². The third kappa shape index (κ3) is 5.32. The average molecular weight is 560 g/mol. The summed E-state index contributed by atoms with van der Waals surface area (Å²) in [5.74, 6) is -4.80. The summed E-state index contributed by atoms with van der Waals surface area (Å²) in [6.45, 7) is 3.58. The van der Waals surface area contributed by atoms with Crippen LogP contribution in [-0.2, 0) is 33.5 Å². The van der Waals surface area contributed by atoms with Crippen LogP contribution in [0.15, 0.2) is 11.6 Å². The summed E-state index contributed by atoms with van der Waals surface area (Å²) in [6, 6.07) is -1.80. The van der Waals surface area contributed by atoms with Crippen LogP contribution in [0.3, 0.4) is 0 Å². The summed E-state index contributed by atoms with van der Waals surface area (Å²) in [5.41, 5.74) is -1.10. The fraction of sp³-hybridized carbons (Fsp3) is 0.724. The van der Waals surface area contributed by atoms with Crippen LogP contribution in [0.4, 0.5) is 0 Å². The molecule has 0 bridgehead atoms. The molecule has 1 amide bonds. The van der Waals surface area contributed by atoms with Crippen LogP contribution in [0.5, 0.6) is 0 Å². The zero-order valence-electron chi connectivity index (χ0n) is 23.0. The minimum atomic E-state index is -1.80. The Hall–Kier alpha value is -3.08.